The summed E-state index contributed by atoms with van der Waals surface area (Å²) in [4.78, 5) is 7.73. The fourth-order valence-corrected chi connectivity index (χ4v) is 5.63. The van der Waals surface area contributed by atoms with Gasteiger partial charge in [0, 0.05) is 92.3 Å². The molecule has 0 amide bonds. The highest BCUT2D eigenvalue weighted by Crippen LogP contribution is 2.32. The lowest BCUT2D eigenvalue weighted by molar-refractivity contribution is 0.106. The molecule has 5 heteroatoms. The van der Waals surface area contributed by atoms with Gasteiger partial charge in [0.15, 0.2) is 0 Å². The van der Waals surface area contributed by atoms with E-state index in [0.717, 1.165) is 39.0 Å². The van der Waals surface area contributed by atoms with Gasteiger partial charge in [-0.1, -0.05) is 23.8 Å². The first-order valence-electron chi connectivity index (χ1n) is 13.2. The molecule has 0 aliphatic carbocycles. The molecule has 2 fully saturated rings. The summed E-state index contributed by atoms with van der Waals surface area (Å²) in [5.74, 6) is 0. The summed E-state index contributed by atoms with van der Waals surface area (Å²) in [5.41, 5.74) is 12.8. The van der Waals surface area contributed by atoms with Crippen molar-refractivity contribution in [1.82, 2.24) is 14.4 Å². The predicted molar refractivity (Wildman–Crippen MR) is 145 cm³/mol. The Bertz CT molecular complexity index is 1100. The van der Waals surface area contributed by atoms with E-state index in [9.17, 15) is 0 Å². The van der Waals surface area contributed by atoms with E-state index in [1.807, 2.05) is 0 Å². The maximum Gasteiger partial charge on any atom is 0.0492 e. The van der Waals surface area contributed by atoms with Gasteiger partial charge in [0.2, 0.25) is 0 Å². The normalized spacial score (nSPS) is 18.9. The second kappa shape index (κ2) is 10.1. The van der Waals surface area contributed by atoms with Gasteiger partial charge in [-0.2, -0.15) is 0 Å². The Labute approximate surface area is 205 Å². The van der Waals surface area contributed by atoms with Gasteiger partial charge in [0.1, 0.15) is 0 Å². The third-order valence-electron chi connectivity index (χ3n) is 7.88. The smallest absolute Gasteiger partial charge is 0.0492 e. The summed E-state index contributed by atoms with van der Waals surface area (Å²) < 4.78 is 2.55. The average molecular weight is 460 g/mol. The van der Waals surface area contributed by atoms with Gasteiger partial charge in [-0.3, -0.25) is 9.80 Å². The van der Waals surface area contributed by atoms with Gasteiger partial charge in [0.05, 0.1) is 0 Å². The highest BCUT2D eigenvalue weighted by atomic mass is 15.3. The molecular formula is C29H41N5. The van der Waals surface area contributed by atoms with Crippen molar-refractivity contribution in [3.05, 3.63) is 54.1 Å². The number of nitrogens with zero attached hydrogens (tertiary/aromatic N) is 4. The predicted octanol–water partition coefficient (Wildman–Crippen LogP) is 4.57. The van der Waals surface area contributed by atoms with Crippen LogP contribution in [0, 0.1) is 6.92 Å². The first-order chi connectivity index (χ1) is 16.5. The lowest BCUT2D eigenvalue weighted by Crippen LogP contribution is -2.49. The number of anilines is 1. The van der Waals surface area contributed by atoms with Gasteiger partial charge in [-0.25, -0.2) is 0 Å². The van der Waals surface area contributed by atoms with E-state index in [4.69, 9.17) is 5.73 Å². The number of aryl methyl sites for hydroxylation is 1. The van der Waals surface area contributed by atoms with Crippen molar-refractivity contribution in [2.45, 2.75) is 52.2 Å². The topological polar surface area (TPSA) is 40.7 Å². The van der Waals surface area contributed by atoms with Crippen molar-refractivity contribution in [2.24, 2.45) is 5.73 Å². The van der Waals surface area contributed by atoms with Crippen LogP contribution in [0.2, 0.25) is 0 Å². The van der Waals surface area contributed by atoms with Gasteiger partial charge >= 0.3 is 0 Å². The quantitative estimate of drug-likeness (QED) is 0.586. The van der Waals surface area contributed by atoms with Crippen LogP contribution in [0.4, 0.5) is 5.69 Å². The first-order valence-corrected chi connectivity index (χ1v) is 13.2. The van der Waals surface area contributed by atoms with E-state index < -0.39 is 0 Å². The Hall–Kier alpha value is -2.34. The SMILES string of the molecule is Cc1ccc2c(c1)cc(-c1cccc(N3CCC(N)CC3)c1)n2CCN1CCN(C(C)C)CC1. The van der Waals surface area contributed by atoms with Crippen LogP contribution in [-0.4, -0.2) is 72.3 Å². The molecule has 2 aliphatic rings. The minimum Gasteiger partial charge on any atom is -0.371 e. The van der Waals surface area contributed by atoms with E-state index >= 15 is 0 Å². The summed E-state index contributed by atoms with van der Waals surface area (Å²) >= 11 is 0. The Morgan fingerprint density at radius 2 is 1.65 bits per heavy atom. The monoisotopic (exact) mass is 459 g/mol. The fraction of sp³-hybridized carbons (Fsp3) is 0.517. The molecule has 0 saturated carbocycles. The number of piperazine rings is 1. The molecule has 0 bridgehead atoms. The van der Waals surface area contributed by atoms with Crippen molar-refractivity contribution >= 4 is 16.6 Å². The number of rotatable bonds is 6. The zero-order valence-electron chi connectivity index (χ0n) is 21.2. The average Bonchev–Trinajstić information content (AvgIpc) is 3.21. The summed E-state index contributed by atoms with van der Waals surface area (Å²) in [6, 6.07) is 19.4. The molecular weight excluding hydrogens is 418 g/mol. The molecule has 5 rings (SSSR count). The highest BCUT2D eigenvalue weighted by molar-refractivity contribution is 5.88. The number of aromatic nitrogens is 1. The zero-order valence-corrected chi connectivity index (χ0v) is 21.2. The first kappa shape index (κ1) is 23.4. The lowest BCUT2D eigenvalue weighted by Gasteiger charge is -2.37. The van der Waals surface area contributed by atoms with E-state index in [-0.39, 0.29) is 0 Å². The maximum absolute atomic E-state index is 6.15. The standard InChI is InChI=1S/C29H41N5/c1-22(2)32-16-13-31(14-17-32)15-18-34-28-8-7-23(3)19-25(28)21-29(34)24-5-4-6-27(20-24)33-11-9-26(30)10-12-33/h4-8,19-22,26H,9-18,30H2,1-3H3. The summed E-state index contributed by atoms with van der Waals surface area (Å²) in [7, 11) is 0. The number of fused-ring (bicyclic) bond motifs is 1. The minimum absolute atomic E-state index is 0.354. The van der Waals surface area contributed by atoms with Gasteiger partial charge in [-0.05, 0) is 63.9 Å². The number of benzene rings is 2. The number of piperidine rings is 1. The van der Waals surface area contributed by atoms with Gasteiger partial charge in [0.25, 0.3) is 0 Å². The van der Waals surface area contributed by atoms with Crippen LogP contribution in [-0.2, 0) is 6.54 Å². The van der Waals surface area contributed by atoms with Crippen LogP contribution in [0.15, 0.2) is 48.5 Å². The minimum atomic E-state index is 0.354. The van der Waals surface area contributed by atoms with Crippen molar-refractivity contribution in [1.29, 1.82) is 0 Å². The Morgan fingerprint density at radius 1 is 0.882 bits per heavy atom. The van der Waals surface area contributed by atoms with Gasteiger partial charge in [-0.15, -0.1) is 0 Å². The molecule has 0 unspecified atom stereocenters. The molecule has 3 heterocycles. The van der Waals surface area contributed by atoms with Crippen molar-refractivity contribution in [3.8, 4) is 11.3 Å². The molecule has 5 nitrogen and oxygen atoms in total. The molecule has 182 valence electrons. The molecule has 0 spiro atoms. The van der Waals surface area contributed by atoms with E-state index in [1.165, 1.54) is 59.6 Å². The molecule has 2 saturated heterocycles. The Balaban J connectivity index is 1.40. The van der Waals surface area contributed by atoms with Crippen LogP contribution in [0.5, 0.6) is 0 Å². The molecule has 0 atom stereocenters. The Kier molecular flexibility index (Phi) is 6.96. The van der Waals surface area contributed by atoms with Crippen molar-refractivity contribution in [2.75, 3.05) is 50.7 Å². The maximum atomic E-state index is 6.15. The van der Waals surface area contributed by atoms with Crippen LogP contribution in [0.1, 0.15) is 32.3 Å². The van der Waals surface area contributed by atoms with E-state index in [0.29, 0.717) is 12.1 Å². The summed E-state index contributed by atoms with van der Waals surface area (Å²) in [6.45, 7) is 15.7. The molecule has 34 heavy (non-hydrogen) atoms. The van der Waals surface area contributed by atoms with Crippen LogP contribution < -0.4 is 10.6 Å². The van der Waals surface area contributed by atoms with Crippen LogP contribution in [0.25, 0.3) is 22.2 Å². The molecule has 3 aromatic rings. The van der Waals surface area contributed by atoms with Crippen molar-refractivity contribution < 1.29 is 0 Å². The third-order valence-corrected chi connectivity index (χ3v) is 7.88. The highest BCUT2D eigenvalue weighted by Gasteiger charge is 2.20. The number of hydrogen-bond donors (Lipinski definition) is 1. The van der Waals surface area contributed by atoms with Crippen LogP contribution in [0.3, 0.4) is 0 Å². The molecule has 2 aromatic carbocycles. The third kappa shape index (κ3) is 5.02. The van der Waals surface area contributed by atoms with E-state index in [1.54, 1.807) is 0 Å². The number of nitrogens with two attached hydrogens (primary N) is 1. The molecule has 2 N–H and O–H groups in total. The second-order valence-electron chi connectivity index (χ2n) is 10.6. The summed E-state index contributed by atoms with van der Waals surface area (Å²) in [6.07, 6.45) is 2.15. The zero-order chi connectivity index (χ0) is 23.7. The summed E-state index contributed by atoms with van der Waals surface area (Å²) in [5, 5.41) is 1.34. The Morgan fingerprint density at radius 3 is 2.38 bits per heavy atom. The van der Waals surface area contributed by atoms with Crippen LogP contribution >= 0.6 is 0 Å². The second-order valence-corrected chi connectivity index (χ2v) is 10.6. The lowest BCUT2D eigenvalue weighted by atomic mass is 10.0. The number of hydrogen-bond acceptors (Lipinski definition) is 4. The molecule has 2 aliphatic heterocycles. The largest absolute Gasteiger partial charge is 0.371 e. The molecule has 0 radical (unpaired) electrons. The van der Waals surface area contributed by atoms with E-state index in [2.05, 4.69) is 88.6 Å². The molecule has 1 aromatic heterocycles. The van der Waals surface area contributed by atoms with Gasteiger partial charge < -0.3 is 15.2 Å². The van der Waals surface area contributed by atoms with Crippen molar-refractivity contribution in [3.63, 3.8) is 0 Å². The fourth-order valence-electron chi connectivity index (χ4n) is 5.63.